The van der Waals surface area contributed by atoms with Gasteiger partial charge in [-0.25, -0.2) is 4.98 Å². The number of pyridine rings is 2. The van der Waals surface area contributed by atoms with E-state index in [4.69, 9.17) is 0 Å². The number of nitrogens with zero attached hydrogens (tertiary/aromatic N) is 3. The van der Waals surface area contributed by atoms with E-state index in [0.717, 1.165) is 17.0 Å². The van der Waals surface area contributed by atoms with Gasteiger partial charge in [-0.15, -0.1) is 0 Å². The van der Waals surface area contributed by atoms with Crippen LogP contribution in [0.3, 0.4) is 0 Å². The molecule has 5 nitrogen and oxygen atoms in total. The van der Waals surface area contributed by atoms with Crippen LogP contribution in [-0.4, -0.2) is 14.0 Å². The lowest BCUT2D eigenvalue weighted by molar-refractivity contribution is 0.727. The van der Waals surface area contributed by atoms with Crippen molar-refractivity contribution in [2.24, 2.45) is 0 Å². The summed E-state index contributed by atoms with van der Waals surface area (Å²) in [6.07, 6.45) is 5.80. The van der Waals surface area contributed by atoms with Crippen LogP contribution in [0.25, 0.3) is 5.65 Å². The van der Waals surface area contributed by atoms with Crippen LogP contribution >= 0.6 is 0 Å². The smallest absolute Gasteiger partial charge is 0.250 e. The molecule has 3 heterocycles. The van der Waals surface area contributed by atoms with Crippen molar-refractivity contribution < 1.29 is 0 Å². The van der Waals surface area contributed by atoms with Gasteiger partial charge in [0.2, 0.25) is 0 Å². The third-order valence-corrected chi connectivity index (χ3v) is 3.21. The quantitative estimate of drug-likeness (QED) is 0.788. The monoisotopic (exact) mass is 268 g/mol. The van der Waals surface area contributed by atoms with Gasteiger partial charge >= 0.3 is 0 Å². The van der Waals surface area contributed by atoms with E-state index in [2.05, 4.69) is 10.3 Å². The first-order chi connectivity index (χ1) is 9.76. The molecule has 0 bridgehead atoms. The maximum atomic E-state index is 11.5. The topological polar surface area (TPSA) is 51.3 Å². The molecule has 0 atom stereocenters. The summed E-state index contributed by atoms with van der Waals surface area (Å²) in [5.74, 6) is 0. The molecule has 1 N–H and O–H groups in total. The van der Waals surface area contributed by atoms with E-state index >= 15 is 0 Å². The minimum absolute atomic E-state index is 0.0192. The van der Waals surface area contributed by atoms with Gasteiger partial charge in [-0.2, -0.15) is 0 Å². The van der Waals surface area contributed by atoms with E-state index in [0.29, 0.717) is 13.1 Å². The Labute approximate surface area is 116 Å². The first-order valence-electron chi connectivity index (χ1n) is 6.63. The molecule has 0 saturated heterocycles. The van der Waals surface area contributed by atoms with Crippen LogP contribution in [0.5, 0.6) is 0 Å². The Balaban J connectivity index is 1.77. The summed E-state index contributed by atoms with van der Waals surface area (Å²) in [6, 6.07) is 9.29. The fourth-order valence-electron chi connectivity index (χ4n) is 2.15. The van der Waals surface area contributed by atoms with Crippen molar-refractivity contribution in [2.75, 3.05) is 5.32 Å². The third-order valence-electron chi connectivity index (χ3n) is 3.21. The Morgan fingerprint density at radius 1 is 1.20 bits per heavy atom. The van der Waals surface area contributed by atoms with Gasteiger partial charge in [0.15, 0.2) is 0 Å². The van der Waals surface area contributed by atoms with Crippen LogP contribution in [0.15, 0.2) is 53.7 Å². The van der Waals surface area contributed by atoms with Crippen molar-refractivity contribution in [3.63, 3.8) is 0 Å². The van der Waals surface area contributed by atoms with E-state index in [1.165, 1.54) is 0 Å². The highest BCUT2D eigenvalue weighted by atomic mass is 16.1. The summed E-state index contributed by atoms with van der Waals surface area (Å²) in [5, 5.41) is 3.29. The molecule has 0 radical (unpaired) electrons. The standard InChI is InChI=1S/C15H16N4O/c1-2-18-10-12(6-7-15(18)20)16-9-13-11-19-8-4-3-5-14(19)17-13/h3-8,10-11,16H,2,9H2,1H3. The molecule has 0 aliphatic carbocycles. The lowest BCUT2D eigenvalue weighted by Crippen LogP contribution is -2.17. The number of aromatic nitrogens is 3. The Morgan fingerprint density at radius 2 is 2.10 bits per heavy atom. The molecule has 102 valence electrons. The predicted molar refractivity (Wildman–Crippen MR) is 78.9 cm³/mol. The molecule has 5 heteroatoms. The van der Waals surface area contributed by atoms with Gasteiger partial charge in [-0.05, 0) is 25.1 Å². The van der Waals surface area contributed by atoms with Gasteiger partial charge in [0.05, 0.1) is 17.9 Å². The Morgan fingerprint density at radius 3 is 2.90 bits per heavy atom. The van der Waals surface area contributed by atoms with Gasteiger partial charge in [-0.3, -0.25) is 4.79 Å². The van der Waals surface area contributed by atoms with Crippen molar-refractivity contribution in [2.45, 2.75) is 20.0 Å². The zero-order valence-corrected chi connectivity index (χ0v) is 11.3. The highest BCUT2D eigenvalue weighted by molar-refractivity contribution is 5.43. The molecule has 3 aromatic heterocycles. The number of fused-ring (bicyclic) bond motifs is 1. The maximum Gasteiger partial charge on any atom is 0.250 e. The van der Waals surface area contributed by atoms with Crippen LogP contribution in [0, 0.1) is 0 Å². The van der Waals surface area contributed by atoms with Crippen LogP contribution in [-0.2, 0) is 13.1 Å². The van der Waals surface area contributed by atoms with Crippen LogP contribution in [0.1, 0.15) is 12.6 Å². The second-order valence-electron chi connectivity index (χ2n) is 4.59. The van der Waals surface area contributed by atoms with E-state index in [1.54, 1.807) is 16.7 Å². The molecule has 3 rings (SSSR count). The maximum absolute atomic E-state index is 11.5. The number of rotatable bonds is 4. The normalized spacial score (nSPS) is 10.8. The zero-order chi connectivity index (χ0) is 13.9. The van der Waals surface area contributed by atoms with E-state index in [-0.39, 0.29) is 5.56 Å². The number of anilines is 1. The number of imidazole rings is 1. The Hall–Kier alpha value is -2.56. The molecule has 0 spiro atoms. The predicted octanol–water partition coefficient (Wildman–Crippen LogP) is 2.13. The first kappa shape index (κ1) is 12.5. The van der Waals surface area contributed by atoms with Crippen molar-refractivity contribution in [1.82, 2.24) is 14.0 Å². The molecule has 0 fully saturated rings. The minimum atomic E-state index is 0.0192. The van der Waals surface area contributed by atoms with Gasteiger partial charge in [0, 0.05) is 31.2 Å². The summed E-state index contributed by atoms with van der Waals surface area (Å²) < 4.78 is 3.66. The summed E-state index contributed by atoms with van der Waals surface area (Å²) in [7, 11) is 0. The first-order valence-corrected chi connectivity index (χ1v) is 6.63. The van der Waals surface area contributed by atoms with Crippen molar-refractivity contribution in [1.29, 1.82) is 0 Å². The molecule has 0 aliphatic heterocycles. The average molecular weight is 268 g/mol. The van der Waals surface area contributed by atoms with E-state index in [9.17, 15) is 4.79 Å². The molecular formula is C15H16N4O. The molecular weight excluding hydrogens is 252 g/mol. The van der Waals surface area contributed by atoms with Crippen LogP contribution < -0.4 is 10.9 Å². The highest BCUT2D eigenvalue weighted by Crippen LogP contribution is 2.08. The number of hydrogen-bond acceptors (Lipinski definition) is 3. The fraction of sp³-hybridized carbons (Fsp3) is 0.200. The molecule has 20 heavy (non-hydrogen) atoms. The molecule has 0 aromatic carbocycles. The number of nitrogens with one attached hydrogen (secondary N) is 1. The molecule has 0 saturated carbocycles. The number of hydrogen-bond donors (Lipinski definition) is 1. The zero-order valence-electron chi connectivity index (χ0n) is 11.3. The SMILES string of the molecule is CCn1cc(NCc2cn3ccccc3n2)ccc1=O. The Kier molecular flexibility index (Phi) is 3.25. The molecule has 0 amide bonds. The van der Waals surface area contributed by atoms with E-state index in [1.807, 2.05) is 48.1 Å². The van der Waals surface area contributed by atoms with Gasteiger partial charge in [0.25, 0.3) is 5.56 Å². The third kappa shape index (κ3) is 2.42. The lowest BCUT2D eigenvalue weighted by Gasteiger charge is -2.07. The summed E-state index contributed by atoms with van der Waals surface area (Å²) in [5.41, 5.74) is 2.84. The molecule has 3 aromatic rings. The van der Waals surface area contributed by atoms with Gasteiger partial charge in [-0.1, -0.05) is 6.07 Å². The van der Waals surface area contributed by atoms with Crippen molar-refractivity contribution in [3.05, 3.63) is 65.0 Å². The fourth-order valence-corrected chi connectivity index (χ4v) is 2.15. The summed E-state index contributed by atoms with van der Waals surface area (Å²) in [6.45, 7) is 3.25. The minimum Gasteiger partial charge on any atom is -0.378 e. The van der Waals surface area contributed by atoms with Crippen molar-refractivity contribution >= 4 is 11.3 Å². The Bertz CT molecular complexity index is 755. The second-order valence-corrected chi connectivity index (χ2v) is 4.59. The van der Waals surface area contributed by atoms with Crippen LogP contribution in [0.2, 0.25) is 0 Å². The van der Waals surface area contributed by atoms with Gasteiger partial charge < -0.3 is 14.3 Å². The largest absolute Gasteiger partial charge is 0.378 e. The highest BCUT2D eigenvalue weighted by Gasteiger charge is 2.01. The van der Waals surface area contributed by atoms with Crippen molar-refractivity contribution in [3.8, 4) is 0 Å². The number of aryl methyl sites for hydroxylation is 1. The second kappa shape index (κ2) is 5.21. The average Bonchev–Trinajstić information content (AvgIpc) is 2.89. The van der Waals surface area contributed by atoms with Gasteiger partial charge in [0.1, 0.15) is 5.65 Å². The molecule has 0 aliphatic rings. The summed E-state index contributed by atoms with van der Waals surface area (Å²) >= 11 is 0. The lowest BCUT2D eigenvalue weighted by atomic mass is 10.3. The summed E-state index contributed by atoms with van der Waals surface area (Å²) in [4.78, 5) is 16.0. The van der Waals surface area contributed by atoms with E-state index < -0.39 is 0 Å². The van der Waals surface area contributed by atoms with Crippen LogP contribution in [0.4, 0.5) is 5.69 Å². The molecule has 0 unspecified atom stereocenters.